The van der Waals surface area contributed by atoms with Gasteiger partial charge in [0.2, 0.25) is 0 Å². The number of aryl methyl sites for hydroxylation is 1. The molecule has 0 unspecified atom stereocenters. The van der Waals surface area contributed by atoms with Gasteiger partial charge >= 0.3 is 6.03 Å². The highest BCUT2D eigenvalue weighted by Crippen LogP contribution is 2.28. The van der Waals surface area contributed by atoms with Gasteiger partial charge in [-0.25, -0.2) is 4.79 Å². The molecule has 24 heavy (non-hydrogen) atoms. The monoisotopic (exact) mass is 330 g/mol. The van der Waals surface area contributed by atoms with Crippen LogP contribution in [0.1, 0.15) is 36.2 Å². The Kier molecular flexibility index (Phi) is 4.76. The Bertz CT molecular complexity index is 644. The highest BCUT2D eigenvalue weighted by molar-refractivity contribution is 5.97. The van der Waals surface area contributed by atoms with Crippen LogP contribution in [-0.2, 0) is 0 Å². The van der Waals surface area contributed by atoms with E-state index in [2.05, 4.69) is 16.0 Å². The number of anilines is 1. The molecule has 0 aliphatic carbocycles. The molecule has 2 aliphatic heterocycles. The lowest BCUT2D eigenvalue weighted by Crippen LogP contribution is -2.41. The minimum absolute atomic E-state index is 0.0734. The molecule has 0 aromatic heterocycles. The minimum Gasteiger partial charge on any atom is -0.350 e. The Morgan fingerprint density at radius 3 is 2.83 bits per heavy atom. The molecule has 6 nitrogen and oxygen atoms in total. The molecule has 6 heteroatoms. The maximum absolute atomic E-state index is 12.7. The minimum atomic E-state index is -0.123. The molecule has 3 N–H and O–H groups in total. The molecule has 0 bridgehead atoms. The van der Waals surface area contributed by atoms with Crippen LogP contribution in [0.25, 0.3) is 0 Å². The summed E-state index contributed by atoms with van der Waals surface area (Å²) in [5.74, 6) is 0.446. The van der Waals surface area contributed by atoms with Gasteiger partial charge in [0.25, 0.3) is 5.91 Å². The number of nitrogens with zero attached hydrogens (tertiary/aromatic N) is 1. The van der Waals surface area contributed by atoms with Gasteiger partial charge in [-0.1, -0.05) is 6.07 Å². The van der Waals surface area contributed by atoms with Crippen LogP contribution in [0.4, 0.5) is 10.5 Å². The number of hydrogen-bond donors (Lipinski definition) is 3. The van der Waals surface area contributed by atoms with Gasteiger partial charge in [-0.05, 0) is 50.8 Å². The highest BCUT2D eigenvalue weighted by atomic mass is 16.2. The quantitative estimate of drug-likeness (QED) is 0.793. The molecule has 0 saturated carbocycles. The second-order valence-electron chi connectivity index (χ2n) is 7.06. The summed E-state index contributed by atoms with van der Waals surface area (Å²) < 4.78 is 0. The summed E-state index contributed by atoms with van der Waals surface area (Å²) in [7, 11) is 0. The predicted octanol–water partition coefficient (Wildman–Crippen LogP) is 1.96. The lowest BCUT2D eigenvalue weighted by Gasteiger charge is -2.24. The standard InChI is InChI=1S/C18H26N4O2/c1-11(2)20-17(23)13-5-4-12(3)15(8-13)21-18(24)22-7-6-14-9-19-10-16(14)22/h4-5,8,11,14,16,19H,6-7,9-10H2,1-3H3,(H,20,23)(H,21,24)/t14-,16+/m0/s1. The molecule has 1 aromatic rings. The lowest BCUT2D eigenvalue weighted by molar-refractivity contribution is 0.0943. The number of rotatable bonds is 3. The van der Waals surface area contributed by atoms with Gasteiger partial charge in [-0.2, -0.15) is 0 Å². The van der Waals surface area contributed by atoms with E-state index in [0.29, 0.717) is 17.2 Å². The Morgan fingerprint density at radius 1 is 1.29 bits per heavy atom. The van der Waals surface area contributed by atoms with E-state index in [1.807, 2.05) is 31.7 Å². The molecular formula is C18H26N4O2. The van der Waals surface area contributed by atoms with Crippen molar-refractivity contribution < 1.29 is 9.59 Å². The molecule has 2 aliphatic rings. The van der Waals surface area contributed by atoms with Crippen LogP contribution in [0.15, 0.2) is 18.2 Å². The van der Waals surface area contributed by atoms with Crippen LogP contribution in [0, 0.1) is 12.8 Å². The van der Waals surface area contributed by atoms with Crippen LogP contribution < -0.4 is 16.0 Å². The zero-order valence-electron chi connectivity index (χ0n) is 14.6. The second-order valence-corrected chi connectivity index (χ2v) is 7.06. The summed E-state index contributed by atoms with van der Waals surface area (Å²) in [6.07, 6.45) is 1.06. The number of hydrogen-bond acceptors (Lipinski definition) is 3. The van der Waals surface area contributed by atoms with Crippen molar-refractivity contribution in [3.63, 3.8) is 0 Å². The van der Waals surface area contributed by atoms with Crippen molar-refractivity contribution in [2.45, 2.75) is 39.3 Å². The number of carbonyl (C=O) groups excluding carboxylic acids is 2. The smallest absolute Gasteiger partial charge is 0.322 e. The summed E-state index contributed by atoms with van der Waals surface area (Å²) in [4.78, 5) is 26.7. The van der Waals surface area contributed by atoms with Gasteiger partial charge in [-0.3, -0.25) is 4.79 Å². The number of benzene rings is 1. The molecule has 2 atom stereocenters. The first kappa shape index (κ1) is 16.8. The summed E-state index contributed by atoms with van der Waals surface area (Å²) in [6.45, 7) is 8.45. The molecule has 3 amide bonds. The van der Waals surface area contributed by atoms with Gasteiger partial charge in [0.05, 0.1) is 0 Å². The van der Waals surface area contributed by atoms with E-state index in [-0.39, 0.29) is 24.0 Å². The third kappa shape index (κ3) is 3.38. The van der Waals surface area contributed by atoms with Crippen LogP contribution >= 0.6 is 0 Å². The molecule has 130 valence electrons. The molecule has 2 fully saturated rings. The molecular weight excluding hydrogens is 304 g/mol. The second kappa shape index (κ2) is 6.81. The first-order valence-corrected chi connectivity index (χ1v) is 8.65. The third-order valence-corrected chi connectivity index (χ3v) is 4.87. The van der Waals surface area contributed by atoms with Crippen LogP contribution in [0.2, 0.25) is 0 Å². The largest absolute Gasteiger partial charge is 0.350 e. The lowest BCUT2D eigenvalue weighted by atomic mass is 10.1. The third-order valence-electron chi connectivity index (χ3n) is 4.87. The van der Waals surface area contributed by atoms with E-state index in [9.17, 15) is 9.59 Å². The van der Waals surface area contributed by atoms with E-state index < -0.39 is 0 Å². The van der Waals surface area contributed by atoms with E-state index in [4.69, 9.17) is 0 Å². The SMILES string of the molecule is Cc1ccc(C(=O)NC(C)C)cc1NC(=O)N1CC[C@H]2CNC[C@H]21. The van der Waals surface area contributed by atoms with Crippen molar-refractivity contribution >= 4 is 17.6 Å². The van der Waals surface area contributed by atoms with Crippen LogP contribution in [0.5, 0.6) is 0 Å². The first-order valence-electron chi connectivity index (χ1n) is 8.65. The summed E-state index contributed by atoms with van der Waals surface area (Å²) in [5.41, 5.74) is 2.21. The Morgan fingerprint density at radius 2 is 2.08 bits per heavy atom. The van der Waals surface area contributed by atoms with Crippen LogP contribution in [0.3, 0.4) is 0 Å². The van der Waals surface area contributed by atoms with Gasteiger partial charge in [-0.15, -0.1) is 0 Å². The Labute approximate surface area is 143 Å². The summed E-state index contributed by atoms with van der Waals surface area (Å²) in [6, 6.07) is 5.71. The summed E-state index contributed by atoms with van der Waals surface area (Å²) in [5, 5.41) is 9.22. The average Bonchev–Trinajstić information content (AvgIpc) is 3.11. The molecule has 3 rings (SSSR count). The predicted molar refractivity (Wildman–Crippen MR) is 94.3 cm³/mol. The fourth-order valence-electron chi connectivity index (χ4n) is 3.53. The van der Waals surface area contributed by atoms with Crippen molar-refractivity contribution in [1.29, 1.82) is 0 Å². The Hall–Kier alpha value is -2.08. The van der Waals surface area contributed by atoms with Gasteiger partial charge < -0.3 is 20.9 Å². The van der Waals surface area contributed by atoms with Gasteiger partial charge in [0.1, 0.15) is 0 Å². The van der Waals surface area contributed by atoms with Crippen molar-refractivity contribution in [3.05, 3.63) is 29.3 Å². The fourth-order valence-corrected chi connectivity index (χ4v) is 3.53. The van der Waals surface area contributed by atoms with E-state index in [1.165, 1.54) is 0 Å². The number of likely N-dealkylation sites (tertiary alicyclic amines) is 1. The normalized spacial score (nSPS) is 22.6. The number of amides is 3. The molecule has 2 saturated heterocycles. The first-order chi connectivity index (χ1) is 11.5. The highest BCUT2D eigenvalue weighted by Gasteiger charge is 2.39. The maximum atomic E-state index is 12.7. The molecule has 0 radical (unpaired) electrons. The number of nitrogens with one attached hydrogen (secondary N) is 3. The molecule has 0 spiro atoms. The Balaban J connectivity index is 1.72. The topological polar surface area (TPSA) is 73.5 Å². The van der Waals surface area contributed by atoms with E-state index in [0.717, 1.165) is 31.6 Å². The molecule has 1 aromatic carbocycles. The summed E-state index contributed by atoms with van der Waals surface area (Å²) >= 11 is 0. The van der Waals surface area contributed by atoms with Crippen molar-refractivity contribution in [2.75, 3.05) is 25.0 Å². The number of urea groups is 1. The number of fused-ring (bicyclic) bond motifs is 1. The average molecular weight is 330 g/mol. The fraction of sp³-hybridized carbons (Fsp3) is 0.556. The molecule has 2 heterocycles. The van der Waals surface area contributed by atoms with Crippen molar-refractivity contribution in [2.24, 2.45) is 5.92 Å². The van der Waals surface area contributed by atoms with Gasteiger partial charge in [0.15, 0.2) is 0 Å². The van der Waals surface area contributed by atoms with Crippen LogP contribution in [-0.4, -0.2) is 48.6 Å². The van der Waals surface area contributed by atoms with E-state index in [1.54, 1.807) is 12.1 Å². The zero-order chi connectivity index (χ0) is 17.3. The van der Waals surface area contributed by atoms with E-state index >= 15 is 0 Å². The number of carbonyl (C=O) groups is 2. The van der Waals surface area contributed by atoms with Crippen molar-refractivity contribution in [1.82, 2.24) is 15.5 Å². The van der Waals surface area contributed by atoms with Gasteiger partial charge in [0, 0.05) is 43.0 Å². The maximum Gasteiger partial charge on any atom is 0.322 e. The zero-order valence-corrected chi connectivity index (χ0v) is 14.6. The van der Waals surface area contributed by atoms with Crippen molar-refractivity contribution in [3.8, 4) is 0 Å².